The zero-order valence-corrected chi connectivity index (χ0v) is 12.6. The van der Waals surface area contributed by atoms with Gasteiger partial charge in [0.1, 0.15) is 6.04 Å². The van der Waals surface area contributed by atoms with Gasteiger partial charge in [0, 0.05) is 39.6 Å². The summed E-state index contributed by atoms with van der Waals surface area (Å²) >= 11 is 0. The molecule has 1 aliphatic rings. The number of amides is 2. The van der Waals surface area contributed by atoms with Gasteiger partial charge >= 0.3 is 5.97 Å². The fourth-order valence-electron chi connectivity index (χ4n) is 2.30. The van der Waals surface area contributed by atoms with Crippen molar-refractivity contribution in [2.24, 2.45) is 5.92 Å². The fourth-order valence-corrected chi connectivity index (χ4v) is 2.30. The molecule has 2 unspecified atom stereocenters. The second-order valence-corrected chi connectivity index (χ2v) is 5.35. The van der Waals surface area contributed by atoms with Crippen molar-refractivity contribution in [2.75, 3.05) is 26.3 Å². The van der Waals surface area contributed by atoms with Crippen molar-refractivity contribution in [2.45, 2.75) is 39.2 Å². The highest BCUT2D eigenvalue weighted by Crippen LogP contribution is 2.19. The molecule has 0 radical (unpaired) electrons. The lowest BCUT2D eigenvalue weighted by Gasteiger charge is -2.27. The van der Waals surface area contributed by atoms with E-state index in [2.05, 4.69) is 5.32 Å². The summed E-state index contributed by atoms with van der Waals surface area (Å²) in [6.45, 7) is 4.72. The molecular weight excluding hydrogens is 276 g/mol. The summed E-state index contributed by atoms with van der Waals surface area (Å²) in [5.74, 6) is -1.06. The van der Waals surface area contributed by atoms with E-state index in [0.29, 0.717) is 25.4 Å². The summed E-state index contributed by atoms with van der Waals surface area (Å²) in [4.78, 5) is 35.5. The van der Waals surface area contributed by atoms with Crippen molar-refractivity contribution in [3.8, 4) is 0 Å². The van der Waals surface area contributed by atoms with Gasteiger partial charge < -0.3 is 20.1 Å². The molecule has 7 nitrogen and oxygen atoms in total. The third kappa shape index (κ3) is 6.12. The lowest BCUT2D eigenvalue weighted by atomic mass is 10.0. The van der Waals surface area contributed by atoms with Crippen molar-refractivity contribution < 1.29 is 24.2 Å². The van der Waals surface area contributed by atoms with Crippen molar-refractivity contribution in [1.29, 1.82) is 0 Å². The van der Waals surface area contributed by atoms with Gasteiger partial charge in [0.05, 0.1) is 0 Å². The second-order valence-electron chi connectivity index (χ2n) is 5.35. The summed E-state index contributed by atoms with van der Waals surface area (Å²) in [7, 11) is 0. The molecule has 1 rings (SSSR count). The third-order valence-corrected chi connectivity index (χ3v) is 3.66. The molecule has 0 aliphatic carbocycles. The van der Waals surface area contributed by atoms with E-state index in [9.17, 15) is 14.4 Å². The standard InChI is InChI=1S/C14H24N2O5/c1-10(14(19)20)16(7-6-15-11(2)17)13(18)4-3-12-5-8-21-9-12/h10,12H,3-9H2,1-2H3,(H,15,17)(H,19,20). The van der Waals surface area contributed by atoms with Crippen LogP contribution in [0.4, 0.5) is 0 Å². The van der Waals surface area contributed by atoms with E-state index < -0.39 is 12.0 Å². The van der Waals surface area contributed by atoms with Crippen LogP contribution in [0.5, 0.6) is 0 Å². The van der Waals surface area contributed by atoms with Crippen LogP contribution in [0.15, 0.2) is 0 Å². The van der Waals surface area contributed by atoms with Gasteiger partial charge in [-0.1, -0.05) is 0 Å². The van der Waals surface area contributed by atoms with Crippen LogP contribution >= 0.6 is 0 Å². The number of carboxylic acid groups (broad SMARTS) is 1. The molecule has 1 aliphatic heterocycles. The Morgan fingerprint density at radius 2 is 2.14 bits per heavy atom. The Hall–Kier alpha value is -1.63. The molecule has 1 heterocycles. The number of aliphatic carboxylic acids is 1. The minimum atomic E-state index is -1.05. The topological polar surface area (TPSA) is 95.9 Å². The lowest BCUT2D eigenvalue weighted by Crippen LogP contribution is -2.46. The largest absolute Gasteiger partial charge is 0.480 e. The first kappa shape index (κ1) is 17.4. The van der Waals surface area contributed by atoms with E-state index >= 15 is 0 Å². The van der Waals surface area contributed by atoms with E-state index in [4.69, 9.17) is 9.84 Å². The molecule has 0 saturated carbocycles. The Bertz CT molecular complexity index is 380. The van der Waals surface area contributed by atoms with Crippen LogP contribution in [0, 0.1) is 5.92 Å². The third-order valence-electron chi connectivity index (χ3n) is 3.66. The summed E-state index contributed by atoms with van der Waals surface area (Å²) in [5, 5.41) is 11.7. The van der Waals surface area contributed by atoms with Crippen LogP contribution in [0.3, 0.4) is 0 Å². The predicted molar refractivity (Wildman–Crippen MR) is 75.7 cm³/mol. The van der Waals surface area contributed by atoms with Crippen molar-refractivity contribution >= 4 is 17.8 Å². The molecule has 21 heavy (non-hydrogen) atoms. The highest BCUT2D eigenvalue weighted by Gasteiger charge is 2.26. The SMILES string of the molecule is CC(=O)NCCN(C(=O)CCC1CCOC1)C(C)C(=O)O. The minimum Gasteiger partial charge on any atom is -0.480 e. The van der Waals surface area contributed by atoms with Gasteiger partial charge in [-0.25, -0.2) is 4.79 Å². The first-order valence-electron chi connectivity index (χ1n) is 7.26. The molecule has 1 fully saturated rings. The highest BCUT2D eigenvalue weighted by atomic mass is 16.5. The van der Waals surface area contributed by atoms with Gasteiger partial charge in [-0.3, -0.25) is 9.59 Å². The molecule has 0 aromatic carbocycles. The Morgan fingerprint density at radius 1 is 1.43 bits per heavy atom. The second kappa shape index (κ2) is 8.61. The molecule has 2 atom stereocenters. The van der Waals surface area contributed by atoms with E-state index in [-0.39, 0.29) is 24.9 Å². The molecule has 0 aromatic rings. The Balaban J connectivity index is 2.49. The predicted octanol–water partition coefficient (Wildman–Crippen LogP) is 0.241. The maximum absolute atomic E-state index is 12.2. The number of carboxylic acids is 1. The summed E-state index contributed by atoms with van der Waals surface area (Å²) in [5.41, 5.74) is 0. The van der Waals surface area contributed by atoms with E-state index in [1.54, 1.807) is 0 Å². The summed E-state index contributed by atoms with van der Waals surface area (Å²) in [6, 6.07) is -0.897. The molecule has 0 bridgehead atoms. The van der Waals surface area contributed by atoms with Gasteiger partial charge in [-0.2, -0.15) is 0 Å². The summed E-state index contributed by atoms with van der Waals surface area (Å²) in [6.07, 6.45) is 1.97. The Morgan fingerprint density at radius 3 is 2.67 bits per heavy atom. The van der Waals surface area contributed by atoms with Crippen molar-refractivity contribution in [3.63, 3.8) is 0 Å². The fraction of sp³-hybridized carbons (Fsp3) is 0.786. The number of carbonyl (C=O) groups is 3. The smallest absolute Gasteiger partial charge is 0.326 e. The van der Waals surface area contributed by atoms with Gasteiger partial charge in [0.25, 0.3) is 0 Å². The van der Waals surface area contributed by atoms with E-state index in [0.717, 1.165) is 13.0 Å². The highest BCUT2D eigenvalue weighted by molar-refractivity contribution is 5.83. The van der Waals surface area contributed by atoms with Gasteiger partial charge in [-0.05, 0) is 25.7 Å². The van der Waals surface area contributed by atoms with Crippen molar-refractivity contribution in [1.82, 2.24) is 10.2 Å². The number of hydrogen-bond acceptors (Lipinski definition) is 4. The van der Waals surface area contributed by atoms with E-state index in [1.165, 1.54) is 18.7 Å². The lowest BCUT2D eigenvalue weighted by molar-refractivity contribution is -0.149. The Labute approximate surface area is 124 Å². The number of nitrogens with zero attached hydrogens (tertiary/aromatic N) is 1. The van der Waals surface area contributed by atoms with Crippen LogP contribution in [0.25, 0.3) is 0 Å². The number of ether oxygens (including phenoxy) is 1. The van der Waals surface area contributed by atoms with Crippen LogP contribution in [0.1, 0.15) is 33.1 Å². The van der Waals surface area contributed by atoms with Crippen LogP contribution < -0.4 is 5.32 Å². The van der Waals surface area contributed by atoms with Crippen LogP contribution in [0.2, 0.25) is 0 Å². The maximum Gasteiger partial charge on any atom is 0.326 e. The van der Waals surface area contributed by atoms with Crippen LogP contribution in [-0.2, 0) is 19.1 Å². The molecule has 120 valence electrons. The average Bonchev–Trinajstić information content (AvgIpc) is 2.93. The molecule has 2 N–H and O–H groups in total. The monoisotopic (exact) mass is 300 g/mol. The maximum atomic E-state index is 12.2. The molecule has 0 aromatic heterocycles. The Kier molecular flexibility index (Phi) is 7.14. The number of carbonyl (C=O) groups excluding carboxylic acids is 2. The van der Waals surface area contributed by atoms with Crippen LogP contribution in [-0.4, -0.2) is 60.1 Å². The zero-order chi connectivity index (χ0) is 15.8. The number of nitrogens with one attached hydrogen (secondary N) is 1. The average molecular weight is 300 g/mol. The van der Waals surface area contributed by atoms with Crippen molar-refractivity contribution in [3.05, 3.63) is 0 Å². The summed E-state index contributed by atoms with van der Waals surface area (Å²) < 4.78 is 5.26. The minimum absolute atomic E-state index is 0.192. The van der Waals surface area contributed by atoms with Gasteiger partial charge in [0.15, 0.2) is 0 Å². The number of hydrogen-bond donors (Lipinski definition) is 2. The molecule has 0 spiro atoms. The first-order chi connectivity index (χ1) is 9.91. The number of rotatable bonds is 8. The van der Waals surface area contributed by atoms with Gasteiger partial charge in [-0.15, -0.1) is 0 Å². The normalized spacial score (nSPS) is 19.0. The molecule has 7 heteroatoms. The van der Waals surface area contributed by atoms with E-state index in [1.807, 2.05) is 0 Å². The molecule has 1 saturated heterocycles. The first-order valence-corrected chi connectivity index (χ1v) is 7.26. The molecular formula is C14H24N2O5. The zero-order valence-electron chi connectivity index (χ0n) is 12.6. The quantitative estimate of drug-likeness (QED) is 0.669. The molecule has 2 amide bonds. The van der Waals surface area contributed by atoms with Gasteiger partial charge in [0.2, 0.25) is 11.8 Å².